The topological polar surface area (TPSA) is 72.8 Å². The molecule has 0 aliphatic heterocycles. The van der Waals surface area contributed by atoms with Gasteiger partial charge in [0.25, 0.3) is 5.78 Å². The summed E-state index contributed by atoms with van der Waals surface area (Å²) in [4.78, 5) is 22.2. The first kappa shape index (κ1) is 17.5. The Balaban J connectivity index is 1.56. The molecule has 132 valence electrons. The number of carboxylic acid groups (broad SMARTS) is 1. The van der Waals surface area contributed by atoms with Crippen molar-refractivity contribution in [3.05, 3.63) is 71.8 Å². The van der Waals surface area contributed by atoms with Crippen molar-refractivity contribution < 1.29 is 24.2 Å². The van der Waals surface area contributed by atoms with Gasteiger partial charge in [-0.25, -0.2) is 4.79 Å². The summed E-state index contributed by atoms with van der Waals surface area (Å²) in [6.45, 7) is 2.46. The monoisotopic (exact) mass is 350 g/mol. The van der Waals surface area contributed by atoms with Gasteiger partial charge in [0.15, 0.2) is 0 Å². The van der Waals surface area contributed by atoms with Crippen LogP contribution in [-0.2, 0) is 4.79 Å². The number of carbonyl (C=O) groups excluding carboxylic acids is 1. The predicted molar refractivity (Wildman–Crippen MR) is 98.1 cm³/mol. The van der Waals surface area contributed by atoms with Crippen LogP contribution < -0.4 is 9.47 Å². The molecule has 0 bridgehead atoms. The first-order chi connectivity index (χ1) is 12.5. The summed E-state index contributed by atoms with van der Waals surface area (Å²) < 4.78 is 11.4. The number of hydrogen-bond acceptors (Lipinski definition) is 4. The second-order valence-corrected chi connectivity index (χ2v) is 5.82. The fourth-order valence-corrected chi connectivity index (χ4v) is 2.64. The molecule has 0 saturated heterocycles. The van der Waals surface area contributed by atoms with Gasteiger partial charge in [-0.3, -0.25) is 4.79 Å². The molecule has 0 saturated carbocycles. The normalized spacial score (nSPS) is 10.5. The van der Waals surface area contributed by atoms with Gasteiger partial charge in [-0.1, -0.05) is 30.3 Å². The number of benzene rings is 3. The van der Waals surface area contributed by atoms with Crippen LogP contribution in [0, 0.1) is 6.92 Å². The average molecular weight is 350 g/mol. The number of carbonyl (C=O) groups is 2. The number of Topliss-reactive ketones (excluding diaryl/α,β-unsaturated/α-hetero) is 1. The van der Waals surface area contributed by atoms with Crippen molar-refractivity contribution in [1.82, 2.24) is 0 Å². The van der Waals surface area contributed by atoms with Crippen molar-refractivity contribution in [2.24, 2.45) is 0 Å². The molecular weight excluding hydrogens is 332 g/mol. The van der Waals surface area contributed by atoms with Crippen LogP contribution >= 0.6 is 0 Å². The smallest absolute Gasteiger partial charge is 0.377 e. The number of ether oxygens (including phenoxy) is 2. The number of ketones is 1. The minimum absolute atomic E-state index is 0.134. The van der Waals surface area contributed by atoms with Crippen molar-refractivity contribution in [3.63, 3.8) is 0 Å². The molecule has 3 aromatic carbocycles. The van der Waals surface area contributed by atoms with Crippen molar-refractivity contribution in [2.45, 2.75) is 6.92 Å². The molecule has 1 N–H and O–H groups in total. The standard InChI is InChI=1S/C21H18O5/c1-14-12-17(20(22)21(23)24)7-9-19(14)26-11-10-25-18-8-6-15-4-2-3-5-16(15)13-18/h2-9,12-13H,10-11H2,1H3,(H,23,24). The lowest BCUT2D eigenvalue weighted by molar-refractivity contribution is -0.131. The van der Waals surface area contributed by atoms with Gasteiger partial charge in [-0.15, -0.1) is 0 Å². The highest BCUT2D eigenvalue weighted by atomic mass is 16.5. The number of aryl methyl sites for hydroxylation is 1. The zero-order valence-electron chi connectivity index (χ0n) is 14.3. The largest absolute Gasteiger partial charge is 0.490 e. The van der Waals surface area contributed by atoms with Gasteiger partial charge in [0, 0.05) is 5.56 Å². The quantitative estimate of drug-likeness (QED) is 0.398. The maximum absolute atomic E-state index is 11.5. The summed E-state index contributed by atoms with van der Waals surface area (Å²) in [6, 6.07) is 18.5. The molecule has 26 heavy (non-hydrogen) atoms. The maximum Gasteiger partial charge on any atom is 0.377 e. The fraction of sp³-hybridized carbons (Fsp3) is 0.143. The van der Waals surface area contributed by atoms with Crippen LogP contribution in [0.3, 0.4) is 0 Å². The number of rotatable bonds is 7. The van der Waals surface area contributed by atoms with Gasteiger partial charge >= 0.3 is 5.97 Å². The first-order valence-electron chi connectivity index (χ1n) is 8.17. The lowest BCUT2D eigenvalue weighted by atomic mass is 10.1. The van der Waals surface area contributed by atoms with E-state index in [0.717, 1.165) is 16.5 Å². The molecule has 0 aromatic heterocycles. The van der Waals surface area contributed by atoms with E-state index in [1.165, 1.54) is 12.1 Å². The zero-order valence-corrected chi connectivity index (χ0v) is 14.3. The first-order valence-corrected chi connectivity index (χ1v) is 8.17. The van der Waals surface area contributed by atoms with E-state index >= 15 is 0 Å². The third kappa shape index (κ3) is 4.00. The van der Waals surface area contributed by atoms with Crippen LogP contribution in [0.1, 0.15) is 15.9 Å². The van der Waals surface area contributed by atoms with Crippen molar-refractivity contribution in [2.75, 3.05) is 13.2 Å². The van der Waals surface area contributed by atoms with Gasteiger partial charge < -0.3 is 14.6 Å². The Hall–Kier alpha value is -3.34. The molecule has 0 aliphatic rings. The molecule has 0 atom stereocenters. The number of aliphatic carboxylic acids is 1. The Morgan fingerprint density at radius 1 is 0.885 bits per heavy atom. The molecule has 5 nitrogen and oxygen atoms in total. The molecule has 5 heteroatoms. The van der Waals surface area contributed by atoms with Gasteiger partial charge in [0.05, 0.1) is 0 Å². The second-order valence-electron chi connectivity index (χ2n) is 5.82. The van der Waals surface area contributed by atoms with E-state index in [1.54, 1.807) is 13.0 Å². The third-order valence-electron chi connectivity index (χ3n) is 3.96. The number of fused-ring (bicyclic) bond motifs is 1. The molecule has 0 fully saturated rings. The van der Waals surface area contributed by atoms with Gasteiger partial charge in [0.1, 0.15) is 24.7 Å². The van der Waals surface area contributed by atoms with E-state index in [9.17, 15) is 9.59 Å². The summed E-state index contributed by atoms with van der Waals surface area (Å²) in [5, 5.41) is 11.0. The number of carboxylic acids is 1. The highest BCUT2D eigenvalue weighted by molar-refractivity contribution is 6.39. The summed E-state index contributed by atoms with van der Waals surface area (Å²) in [6.07, 6.45) is 0. The summed E-state index contributed by atoms with van der Waals surface area (Å²) in [7, 11) is 0. The molecule has 3 aromatic rings. The molecule has 0 heterocycles. The van der Waals surface area contributed by atoms with E-state index in [1.807, 2.05) is 42.5 Å². The Labute approximate surface area is 150 Å². The number of hydrogen-bond donors (Lipinski definition) is 1. The summed E-state index contributed by atoms with van der Waals surface area (Å²) in [5.41, 5.74) is 0.831. The van der Waals surface area contributed by atoms with Crippen LogP contribution in [0.2, 0.25) is 0 Å². The minimum Gasteiger partial charge on any atom is -0.490 e. The predicted octanol–water partition coefficient (Wildman–Crippen LogP) is 3.87. The fourth-order valence-electron chi connectivity index (χ4n) is 2.64. The van der Waals surface area contributed by atoms with E-state index in [0.29, 0.717) is 24.5 Å². The maximum atomic E-state index is 11.5. The van der Waals surface area contributed by atoms with Crippen molar-refractivity contribution in [1.29, 1.82) is 0 Å². The summed E-state index contributed by atoms with van der Waals surface area (Å²) >= 11 is 0. The molecule has 0 amide bonds. The van der Waals surface area contributed by atoms with Crippen LogP contribution in [0.4, 0.5) is 0 Å². The Morgan fingerprint density at radius 2 is 1.62 bits per heavy atom. The molecule has 0 unspecified atom stereocenters. The Morgan fingerprint density at radius 3 is 2.35 bits per heavy atom. The molecular formula is C21H18O5. The van der Waals surface area contributed by atoms with Crippen LogP contribution in [0.25, 0.3) is 10.8 Å². The molecule has 0 aliphatic carbocycles. The van der Waals surface area contributed by atoms with Crippen LogP contribution in [0.5, 0.6) is 11.5 Å². The third-order valence-corrected chi connectivity index (χ3v) is 3.96. The van der Waals surface area contributed by atoms with Crippen molar-refractivity contribution in [3.8, 4) is 11.5 Å². The Kier molecular flexibility index (Phi) is 5.17. The zero-order chi connectivity index (χ0) is 18.5. The highest BCUT2D eigenvalue weighted by Crippen LogP contribution is 2.21. The van der Waals surface area contributed by atoms with Crippen LogP contribution in [0.15, 0.2) is 60.7 Å². The second kappa shape index (κ2) is 7.70. The van der Waals surface area contributed by atoms with E-state index < -0.39 is 11.8 Å². The minimum atomic E-state index is -1.47. The lowest BCUT2D eigenvalue weighted by Crippen LogP contribution is -2.13. The lowest BCUT2D eigenvalue weighted by Gasteiger charge is -2.11. The van der Waals surface area contributed by atoms with Gasteiger partial charge in [0.2, 0.25) is 0 Å². The van der Waals surface area contributed by atoms with E-state index in [4.69, 9.17) is 14.6 Å². The van der Waals surface area contributed by atoms with Crippen LogP contribution in [-0.4, -0.2) is 30.1 Å². The van der Waals surface area contributed by atoms with E-state index in [2.05, 4.69) is 0 Å². The Bertz CT molecular complexity index is 962. The molecule has 0 spiro atoms. The van der Waals surface area contributed by atoms with E-state index in [-0.39, 0.29) is 5.56 Å². The molecule has 0 radical (unpaired) electrons. The van der Waals surface area contributed by atoms with Crippen molar-refractivity contribution >= 4 is 22.5 Å². The molecule has 3 rings (SSSR count). The highest BCUT2D eigenvalue weighted by Gasteiger charge is 2.15. The summed E-state index contributed by atoms with van der Waals surface area (Å²) in [5.74, 6) is -1.04. The average Bonchev–Trinajstić information content (AvgIpc) is 2.65. The van der Waals surface area contributed by atoms with Gasteiger partial charge in [-0.2, -0.15) is 0 Å². The van der Waals surface area contributed by atoms with Gasteiger partial charge in [-0.05, 0) is 53.6 Å². The SMILES string of the molecule is Cc1cc(C(=O)C(=O)O)ccc1OCCOc1ccc2ccccc2c1.